The molecule has 0 heterocycles. The lowest BCUT2D eigenvalue weighted by Crippen LogP contribution is -3.09. The molecule has 0 aliphatic heterocycles. The van der Waals surface area contributed by atoms with Crippen LogP contribution in [-0.2, 0) is 4.79 Å². The Bertz CT molecular complexity index is 220. The van der Waals surface area contributed by atoms with Crippen LogP contribution in [0.5, 0.6) is 0 Å². The highest BCUT2D eigenvalue weighted by Crippen LogP contribution is 1.95. The van der Waals surface area contributed by atoms with Crippen LogP contribution < -0.4 is 10.2 Å². The number of hydrogen-bond donors (Lipinski definition) is 3. The minimum absolute atomic E-state index is 0.340. The minimum atomic E-state index is -0.340. The van der Waals surface area contributed by atoms with Crippen LogP contribution in [0.15, 0.2) is 5.16 Å². The molecule has 1 amide bonds. The number of unbranched alkanes of at least 4 members (excludes halogenated alkanes) is 3. The quantitative estimate of drug-likeness (QED) is 0.220. The van der Waals surface area contributed by atoms with Crippen molar-refractivity contribution in [3.8, 4) is 0 Å². The van der Waals surface area contributed by atoms with Gasteiger partial charge in [-0.05, 0) is 12.8 Å². The van der Waals surface area contributed by atoms with E-state index in [0.717, 1.165) is 19.2 Å². The van der Waals surface area contributed by atoms with Crippen LogP contribution in [0.4, 0.5) is 0 Å². The lowest BCUT2D eigenvalue weighted by atomic mass is 10.2. The second-order valence-electron chi connectivity index (χ2n) is 4.41. The van der Waals surface area contributed by atoms with Crippen molar-refractivity contribution in [2.75, 3.05) is 26.7 Å². The van der Waals surface area contributed by atoms with E-state index in [1.165, 1.54) is 37.1 Å². The lowest BCUT2D eigenvalue weighted by Gasteiger charge is -2.13. The van der Waals surface area contributed by atoms with Gasteiger partial charge in [0, 0.05) is 13.0 Å². The molecule has 5 heteroatoms. The number of nitrogens with one attached hydrogen (secondary N) is 2. The predicted octanol–water partition coefficient (Wildman–Crippen LogP) is 0.0477. The average Bonchev–Trinajstić information content (AvgIpc) is 2.31. The van der Waals surface area contributed by atoms with Crippen molar-refractivity contribution in [2.45, 2.75) is 39.0 Å². The van der Waals surface area contributed by atoms with Crippen LogP contribution in [0.2, 0.25) is 0 Å². The Kier molecular flexibility index (Phi) is 10.7. The molecule has 17 heavy (non-hydrogen) atoms. The molecule has 0 aliphatic rings. The van der Waals surface area contributed by atoms with Gasteiger partial charge in [0.1, 0.15) is 6.21 Å². The number of carbonyl (C=O) groups is 1. The molecule has 0 aromatic heterocycles. The topological polar surface area (TPSA) is 66.1 Å². The Morgan fingerprint density at radius 3 is 2.65 bits per heavy atom. The van der Waals surface area contributed by atoms with E-state index in [9.17, 15) is 4.79 Å². The number of quaternary nitrogens is 1. The van der Waals surface area contributed by atoms with E-state index >= 15 is 0 Å². The summed E-state index contributed by atoms with van der Waals surface area (Å²) in [7, 11) is 2.18. The monoisotopic (exact) mass is 244 g/mol. The molecule has 0 saturated heterocycles. The largest absolute Gasteiger partial charge is 0.411 e. The van der Waals surface area contributed by atoms with Gasteiger partial charge in [0.15, 0.2) is 0 Å². The first kappa shape index (κ1) is 15.9. The molecular formula is C12H26N3O2+. The lowest BCUT2D eigenvalue weighted by molar-refractivity contribution is -0.879. The summed E-state index contributed by atoms with van der Waals surface area (Å²) < 4.78 is 0. The molecule has 0 rings (SSSR count). The van der Waals surface area contributed by atoms with E-state index in [1.54, 1.807) is 0 Å². The number of oxime groups is 1. The summed E-state index contributed by atoms with van der Waals surface area (Å²) in [5, 5.41) is 13.4. The molecule has 100 valence electrons. The predicted molar refractivity (Wildman–Crippen MR) is 68.7 cm³/mol. The molecule has 0 bridgehead atoms. The summed E-state index contributed by atoms with van der Waals surface area (Å²) >= 11 is 0. The highest BCUT2D eigenvalue weighted by atomic mass is 16.4. The number of rotatable bonds is 10. The fraction of sp³-hybridized carbons (Fsp3) is 0.833. The number of carbonyl (C=O) groups excluding carboxylic acids is 1. The molecule has 0 radical (unpaired) electrons. The molecule has 3 N–H and O–H groups in total. The Hall–Kier alpha value is -1.10. The normalized spacial score (nSPS) is 12.8. The van der Waals surface area contributed by atoms with Crippen LogP contribution in [0.25, 0.3) is 0 Å². The molecule has 0 spiro atoms. The molecule has 5 nitrogen and oxygen atoms in total. The van der Waals surface area contributed by atoms with Crippen molar-refractivity contribution in [1.29, 1.82) is 0 Å². The molecule has 0 saturated carbocycles. The SMILES string of the molecule is CCCCCC[NH+](C)CCCNC(=O)/C=N\O. The fourth-order valence-corrected chi connectivity index (χ4v) is 1.68. The fourth-order valence-electron chi connectivity index (χ4n) is 1.68. The van der Waals surface area contributed by atoms with Crippen LogP contribution in [0.3, 0.4) is 0 Å². The van der Waals surface area contributed by atoms with Crippen molar-refractivity contribution < 1.29 is 14.9 Å². The number of hydrogen-bond acceptors (Lipinski definition) is 3. The van der Waals surface area contributed by atoms with Crippen molar-refractivity contribution in [2.24, 2.45) is 5.16 Å². The van der Waals surface area contributed by atoms with Gasteiger partial charge in [-0.15, -0.1) is 0 Å². The third kappa shape index (κ3) is 11.2. The van der Waals surface area contributed by atoms with Gasteiger partial charge >= 0.3 is 0 Å². The van der Waals surface area contributed by atoms with E-state index in [0.29, 0.717) is 6.54 Å². The van der Waals surface area contributed by atoms with Crippen LogP contribution in [0, 0.1) is 0 Å². The molecular weight excluding hydrogens is 218 g/mol. The third-order valence-electron chi connectivity index (χ3n) is 2.71. The molecule has 0 aliphatic carbocycles. The van der Waals surface area contributed by atoms with Crippen molar-refractivity contribution in [3.05, 3.63) is 0 Å². The molecule has 0 aromatic rings. The van der Waals surface area contributed by atoms with Gasteiger partial charge in [-0.2, -0.15) is 0 Å². The smallest absolute Gasteiger partial charge is 0.265 e. The van der Waals surface area contributed by atoms with Gasteiger partial charge in [-0.25, -0.2) is 0 Å². The first-order chi connectivity index (χ1) is 8.20. The van der Waals surface area contributed by atoms with Crippen LogP contribution >= 0.6 is 0 Å². The Labute approximate surface area is 104 Å². The summed E-state index contributed by atoms with van der Waals surface area (Å²) in [5.74, 6) is -0.340. The standard InChI is InChI=1S/C12H25N3O2/c1-3-4-5-6-9-15(2)10-7-8-13-12(16)11-14-17/h11,17H,3-10H2,1-2H3,(H,13,16)/p+1/b14-11-. The van der Waals surface area contributed by atoms with Gasteiger partial charge in [-0.1, -0.05) is 24.9 Å². The Balaban J connectivity index is 3.32. The van der Waals surface area contributed by atoms with Gasteiger partial charge in [0.2, 0.25) is 0 Å². The maximum Gasteiger partial charge on any atom is 0.265 e. The highest BCUT2D eigenvalue weighted by molar-refractivity contribution is 6.25. The van der Waals surface area contributed by atoms with Gasteiger partial charge in [0.05, 0.1) is 20.1 Å². The van der Waals surface area contributed by atoms with Crippen molar-refractivity contribution >= 4 is 12.1 Å². The third-order valence-corrected chi connectivity index (χ3v) is 2.71. The van der Waals surface area contributed by atoms with E-state index in [2.05, 4.69) is 24.4 Å². The molecule has 0 fully saturated rings. The Morgan fingerprint density at radius 1 is 1.29 bits per heavy atom. The van der Waals surface area contributed by atoms with Crippen molar-refractivity contribution in [3.63, 3.8) is 0 Å². The van der Waals surface area contributed by atoms with E-state index in [4.69, 9.17) is 5.21 Å². The first-order valence-electron chi connectivity index (χ1n) is 6.47. The van der Waals surface area contributed by atoms with Crippen molar-refractivity contribution in [1.82, 2.24) is 5.32 Å². The zero-order chi connectivity index (χ0) is 12.9. The summed E-state index contributed by atoms with van der Waals surface area (Å²) in [6, 6.07) is 0. The van der Waals surface area contributed by atoms with Gasteiger partial charge < -0.3 is 15.4 Å². The molecule has 1 unspecified atom stereocenters. The molecule has 0 aromatic carbocycles. The van der Waals surface area contributed by atoms with Crippen LogP contribution in [-0.4, -0.2) is 44.0 Å². The summed E-state index contributed by atoms with van der Waals surface area (Å²) in [5.41, 5.74) is 0. The zero-order valence-electron chi connectivity index (χ0n) is 11.0. The second-order valence-corrected chi connectivity index (χ2v) is 4.41. The average molecular weight is 244 g/mol. The number of nitrogens with zero attached hydrogens (tertiary/aromatic N) is 1. The second kappa shape index (κ2) is 11.4. The number of amides is 1. The zero-order valence-corrected chi connectivity index (χ0v) is 11.0. The van der Waals surface area contributed by atoms with E-state index in [1.807, 2.05) is 0 Å². The van der Waals surface area contributed by atoms with E-state index < -0.39 is 0 Å². The summed E-state index contributed by atoms with van der Waals surface area (Å²) in [4.78, 5) is 12.4. The minimum Gasteiger partial charge on any atom is -0.411 e. The summed E-state index contributed by atoms with van der Waals surface area (Å²) in [6.07, 6.45) is 7.02. The Morgan fingerprint density at radius 2 is 2.00 bits per heavy atom. The van der Waals surface area contributed by atoms with Gasteiger partial charge in [-0.3, -0.25) is 4.79 Å². The maximum absolute atomic E-state index is 10.9. The molecule has 1 atom stereocenters. The van der Waals surface area contributed by atoms with Gasteiger partial charge in [0.25, 0.3) is 5.91 Å². The summed E-state index contributed by atoms with van der Waals surface area (Å²) in [6.45, 7) is 5.11. The maximum atomic E-state index is 10.9. The van der Waals surface area contributed by atoms with E-state index in [-0.39, 0.29) is 5.91 Å². The van der Waals surface area contributed by atoms with Crippen LogP contribution in [0.1, 0.15) is 39.0 Å². The first-order valence-corrected chi connectivity index (χ1v) is 6.47. The highest BCUT2D eigenvalue weighted by Gasteiger charge is 2.02.